The Kier molecular flexibility index (Phi) is 7.49. The third kappa shape index (κ3) is 5.16. The number of phenolic OH excluding ortho intramolecular Hbond substituents is 1. The molecule has 1 amide bonds. The molecule has 3 N–H and O–H groups in total. The first-order chi connectivity index (χ1) is 17.3. The Morgan fingerprint density at radius 3 is 2.58 bits per heavy atom. The number of carbonyl (C=O) groups excluding carboxylic acids is 1. The molecule has 0 fully saturated rings. The first-order valence-corrected chi connectivity index (χ1v) is 12.0. The molecule has 0 unspecified atom stereocenters. The zero-order chi connectivity index (χ0) is 25.8. The molecule has 3 aromatic heterocycles. The number of pyridine rings is 2. The lowest BCUT2D eigenvalue weighted by Gasteiger charge is -2.18. The van der Waals surface area contributed by atoms with Crippen LogP contribution < -0.4 is 10.6 Å². The molecule has 0 saturated carbocycles. The Balaban J connectivity index is 1.71. The summed E-state index contributed by atoms with van der Waals surface area (Å²) in [5.74, 6) is 0.506. The molecule has 0 aliphatic heterocycles. The summed E-state index contributed by atoms with van der Waals surface area (Å²) in [6.45, 7) is 7.81. The van der Waals surface area contributed by atoms with Crippen LogP contribution in [0.5, 0.6) is 5.75 Å². The lowest BCUT2D eigenvalue weighted by molar-refractivity contribution is 0.0774. The first-order valence-electron chi connectivity index (χ1n) is 12.0. The van der Waals surface area contributed by atoms with E-state index >= 15 is 0 Å². The quantitative estimate of drug-likeness (QED) is 0.302. The van der Waals surface area contributed by atoms with Crippen LogP contribution in [0.4, 0.5) is 5.69 Å². The zero-order valence-corrected chi connectivity index (χ0v) is 21.3. The number of aryl methyl sites for hydroxylation is 2. The molecule has 188 valence electrons. The number of phenols is 1. The maximum atomic E-state index is 13.6. The van der Waals surface area contributed by atoms with Gasteiger partial charge in [0.05, 0.1) is 46.1 Å². The van der Waals surface area contributed by atoms with Crippen LogP contribution in [0.1, 0.15) is 40.0 Å². The van der Waals surface area contributed by atoms with Crippen LogP contribution in [0.2, 0.25) is 0 Å². The number of benzene rings is 1. The normalized spacial score (nSPS) is 11.1. The third-order valence-corrected chi connectivity index (χ3v) is 6.24. The molecule has 0 aliphatic rings. The Bertz CT molecular complexity index is 1400. The van der Waals surface area contributed by atoms with Crippen molar-refractivity contribution in [2.45, 2.75) is 33.7 Å². The van der Waals surface area contributed by atoms with E-state index in [2.05, 4.69) is 15.8 Å². The Morgan fingerprint density at radius 2 is 1.89 bits per heavy atom. The number of rotatable bonds is 9. The molecule has 0 aliphatic carbocycles. The smallest absolute Gasteiger partial charge is 0.254 e. The highest BCUT2D eigenvalue weighted by Crippen LogP contribution is 2.29. The number of hydrogen-bond acceptors (Lipinski definition) is 8. The number of aromatic hydroxyl groups is 1. The van der Waals surface area contributed by atoms with Crippen LogP contribution in [0.3, 0.4) is 0 Å². The van der Waals surface area contributed by atoms with E-state index in [-0.39, 0.29) is 18.2 Å². The number of anilines is 1. The molecule has 36 heavy (non-hydrogen) atoms. The predicted molar refractivity (Wildman–Crippen MR) is 140 cm³/mol. The number of fused-ring (bicyclic) bond motifs is 1. The van der Waals surface area contributed by atoms with Gasteiger partial charge in [0.1, 0.15) is 5.75 Å². The van der Waals surface area contributed by atoms with Gasteiger partial charge in [0.15, 0.2) is 5.76 Å². The van der Waals surface area contributed by atoms with Crippen molar-refractivity contribution in [3.05, 3.63) is 64.7 Å². The fourth-order valence-electron chi connectivity index (χ4n) is 4.11. The van der Waals surface area contributed by atoms with E-state index in [0.717, 1.165) is 42.1 Å². The molecule has 9 nitrogen and oxygen atoms in total. The number of hydrogen-bond donors (Lipinski definition) is 3. The van der Waals surface area contributed by atoms with Crippen LogP contribution >= 0.6 is 0 Å². The molecule has 4 aromatic rings. The lowest BCUT2D eigenvalue weighted by atomic mass is 10.0. The Labute approximate surface area is 210 Å². The van der Waals surface area contributed by atoms with Gasteiger partial charge in [-0.15, -0.1) is 0 Å². The van der Waals surface area contributed by atoms with E-state index < -0.39 is 0 Å². The van der Waals surface area contributed by atoms with Crippen molar-refractivity contribution in [3.63, 3.8) is 0 Å². The van der Waals surface area contributed by atoms with Gasteiger partial charge in [-0.25, -0.2) is 9.97 Å². The van der Waals surface area contributed by atoms with E-state index in [1.54, 1.807) is 36.2 Å². The summed E-state index contributed by atoms with van der Waals surface area (Å²) in [5.41, 5.74) is 5.91. The minimum Gasteiger partial charge on any atom is -0.508 e. The predicted octanol–water partition coefficient (Wildman–Crippen LogP) is 4.07. The topological polar surface area (TPSA) is 116 Å². The standard InChI is InChI=1S/C27H32N6O3/c1-6-21-16(2)26(36-32-21)15-33(5)27(35)20-14-25(31-23-8-7-18(34)13-19(20)23)24-10-9-22(17(3)30-24)29-12-11-28-4/h7-10,13-14,28-29,34H,6,11-12,15H2,1-5H3. The molecule has 1 aromatic carbocycles. The van der Waals surface area contributed by atoms with Crippen molar-refractivity contribution >= 4 is 22.5 Å². The summed E-state index contributed by atoms with van der Waals surface area (Å²) in [6.07, 6.45) is 0.765. The van der Waals surface area contributed by atoms with Gasteiger partial charge >= 0.3 is 0 Å². The first kappa shape index (κ1) is 25.1. The van der Waals surface area contributed by atoms with E-state index in [4.69, 9.17) is 14.5 Å². The summed E-state index contributed by atoms with van der Waals surface area (Å²) < 4.78 is 5.49. The second-order valence-electron chi connectivity index (χ2n) is 8.81. The molecule has 3 heterocycles. The van der Waals surface area contributed by atoms with Gasteiger partial charge in [-0.05, 0) is 63.7 Å². The van der Waals surface area contributed by atoms with Crippen LogP contribution in [0, 0.1) is 13.8 Å². The molecular weight excluding hydrogens is 456 g/mol. The van der Waals surface area contributed by atoms with Crippen molar-refractivity contribution in [3.8, 4) is 17.1 Å². The van der Waals surface area contributed by atoms with Gasteiger partial charge in [0, 0.05) is 31.1 Å². The van der Waals surface area contributed by atoms with Crippen molar-refractivity contribution in [2.75, 3.05) is 32.5 Å². The molecule has 0 atom stereocenters. The minimum atomic E-state index is -0.217. The minimum absolute atomic E-state index is 0.0679. The SMILES string of the molecule is CCc1noc(CN(C)C(=O)c2cc(-c3ccc(NCCNC)c(C)n3)nc3ccc(O)cc23)c1C. The highest BCUT2D eigenvalue weighted by Gasteiger charge is 2.21. The van der Waals surface area contributed by atoms with Gasteiger partial charge in [0.25, 0.3) is 5.91 Å². The summed E-state index contributed by atoms with van der Waals surface area (Å²) >= 11 is 0. The second kappa shape index (κ2) is 10.7. The Hall–Kier alpha value is -3.98. The highest BCUT2D eigenvalue weighted by atomic mass is 16.5. The van der Waals surface area contributed by atoms with Gasteiger partial charge in [-0.1, -0.05) is 12.1 Å². The summed E-state index contributed by atoms with van der Waals surface area (Å²) in [7, 11) is 3.63. The molecular formula is C27H32N6O3. The molecule has 0 spiro atoms. The van der Waals surface area contributed by atoms with E-state index in [1.165, 1.54) is 0 Å². The van der Waals surface area contributed by atoms with Crippen LogP contribution in [0.25, 0.3) is 22.3 Å². The maximum Gasteiger partial charge on any atom is 0.254 e. The van der Waals surface area contributed by atoms with Crippen molar-refractivity contribution < 1.29 is 14.4 Å². The van der Waals surface area contributed by atoms with Gasteiger partial charge in [0.2, 0.25) is 0 Å². The molecule has 0 bridgehead atoms. The zero-order valence-electron chi connectivity index (χ0n) is 21.3. The van der Waals surface area contributed by atoms with Crippen molar-refractivity contribution in [1.29, 1.82) is 0 Å². The lowest BCUT2D eigenvalue weighted by Crippen LogP contribution is -2.26. The second-order valence-corrected chi connectivity index (χ2v) is 8.81. The molecule has 0 saturated heterocycles. The number of nitrogens with zero attached hydrogens (tertiary/aromatic N) is 4. The van der Waals surface area contributed by atoms with Gasteiger partial charge in [-0.3, -0.25) is 4.79 Å². The van der Waals surface area contributed by atoms with Crippen LogP contribution in [0.15, 0.2) is 40.9 Å². The van der Waals surface area contributed by atoms with Crippen LogP contribution in [-0.4, -0.2) is 58.2 Å². The molecule has 0 radical (unpaired) electrons. The molecule has 4 rings (SSSR count). The largest absolute Gasteiger partial charge is 0.508 e. The number of aromatic nitrogens is 3. The fraction of sp³-hybridized carbons (Fsp3) is 0.333. The number of nitrogens with one attached hydrogen (secondary N) is 2. The summed E-state index contributed by atoms with van der Waals surface area (Å²) in [6, 6.07) is 10.4. The highest BCUT2D eigenvalue weighted by molar-refractivity contribution is 6.07. The number of likely N-dealkylation sites (N-methyl/N-ethyl adjacent to an activating group) is 1. The monoisotopic (exact) mass is 488 g/mol. The number of carbonyl (C=O) groups is 1. The van der Waals surface area contributed by atoms with E-state index in [1.807, 2.05) is 40.0 Å². The van der Waals surface area contributed by atoms with Crippen molar-refractivity contribution in [1.82, 2.24) is 25.3 Å². The van der Waals surface area contributed by atoms with Gasteiger partial charge in [-0.2, -0.15) is 0 Å². The molecule has 9 heteroatoms. The average Bonchev–Trinajstić information content (AvgIpc) is 3.22. The average molecular weight is 489 g/mol. The Morgan fingerprint density at radius 1 is 1.08 bits per heavy atom. The summed E-state index contributed by atoms with van der Waals surface area (Å²) in [5, 5.41) is 21.3. The van der Waals surface area contributed by atoms with E-state index in [9.17, 15) is 9.90 Å². The fourth-order valence-corrected chi connectivity index (χ4v) is 4.11. The summed E-state index contributed by atoms with van der Waals surface area (Å²) in [4.78, 5) is 24.7. The number of amides is 1. The van der Waals surface area contributed by atoms with Crippen molar-refractivity contribution in [2.24, 2.45) is 0 Å². The van der Waals surface area contributed by atoms with E-state index in [0.29, 0.717) is 33.6 Å². The maximum absolute atomic E-state index is 13.6. The van der Waals surface area contributed by atoms with Crippen LogP contribution in [-0.2, 0) is 13.0 Å². The van der Waals surface area contributed by atoms with Gasteiger partial charge < -0.3 is 25.2 Å². The third-order valence-electron chi connectivity index (χ3n) is 6.24.